The van der Waals surface area contributed by atoms with Crippen molar-refractivity contribution in [1.82, 2.24) is 0 Å². The predicted octanol–water partition coefficient (Wildman–Crippen LogP) is 5.24. The van der Waals surface area contributed by atoms with Crippen molar-refractivity contribution in [2.75, 3.05) is 17.7 Å². The van der Waals surface area contributed by atoms with E-state index in [-0.39, 0.29) is 5.91 Å². The maximum absolute atomic E-state index is 12.5. The number of nitrogens with zero attached hydrogens (tertiary/aromatic N) is 1. The first-order valence-electron chi connectivity index (χ1n) is 9.61. The summed E-state index contributed by atoms with van der Waals surface area (Å²) in [5, 5.41) is 15.4. The third-order valence-electron chi connectivity index (χ3n) is 4.49. The summed E-state index contributed by atoms with van der Waals surface area (Å²) < 4.78 is 10.9. The summed E-state index contributed by atoms with van der Waals surface area (Å²) in [6, 6.07) is 21.3. The van der Waals surface area contributed by atoms with Gasteiger partial charge in [0.1, 0.15) is 24.1 Å². The molecule has 6 nitrogen and oxygen atoms in total. The molecule has 31 heavy (non-hydrogen) atoms. The fourth-order valence-electron chi connectivity index (χ4n) is 2.88. The maximum Gasteiger partial charge on any atom is 0.246 e. The molecule has 0 aliphatic rings. The van der Waals surface area contributed by atoms with Gasteiger partial charge in [-0.15, -0.1) is 0 Å². The molecule has 1 unspecified atom stereocenters. The Morgan fingerprint density at radius 2 is 1.90 bits per heavy atom. The average molecular weight is 436 g/mol. The van der Waals surface area contributed by atoms with Crippen molar-refractivity contribution in [2.24, 2.45) is 0 Å². The lowest BCUT2D eigenvalue weighted by Crippen LogP contribution is -2.31. The van der Waals surface area contributed by atoms with Crippen molar-refractivity contribution in [3.05, 3.63) is 82.9 Å². The third-order valence-corrected chi connectivity index (χ3v) is 4.79. The number of hydrogen-bond acceptors (Lipinski definition) is 5. The maximum atomic E-state index is 12.5. The fourth-order valence-corrected chi connectivity index (χ4v) is 3.14. The first-order valence-corrected chi connectivity index (χ1v) is 9.99. The second kappa shape index (κ2) is 10.4. The van der Waals surface area contributed by atoms with Gasteiger partial charge >= 0.3 is 0 Å². The van der Waals surface area contributed by atoms with E-state index < -0.39 is 6.04 Å². The number of nitriles is 1. The molecule has 0 heterocycles. The Bertz CT molecular complexity index is 1110. The van der Waals surface area contributed by atoms with Gasteiger partial charge in [-0.1, -0.05) is 29.8 Å². The Hall–Kier alpha value is -3.69. The quantitative estimate of drug-likeness (QED) is 0.505. The molecule has 0 aliphatic heterocycles. The first kappa shape index (κ1) is 22.0. The highest BCUT2D eigenvalue weighted by atomic mass is 35.5. The summed E-state index contributed by atoms with van der Waals surface area (Å²) >= 11 is 6.11. The summed E-state index contributed by atoms with van der Waals surface area (Å²) in [5.41, 5.74) is 2.83. The van der Waals surface area contributed by atoms with Crippen LogP contribution >= 0.6 is 11.6 Å². The van der Waals surface area contributed by atoms with E-state index in [9.17, 15) is 4.79 Å². The van der Waals surface area contributed by atoms with Crippen LogP contribution in [0.3, 0.4) is 0 Å². The number of anilines is 2. The third kappa shape index (κ3) is 6.14. The molecule has 158 valence electrons. The highest BCUT2D eigenvalue weighted by Crippen LogP contribution is 2.27. The number of amides is 1. The fraction of sp³-hybridized carbons (Fsp3) is 0.167. The van der Waals surface area contributed by atoms with Gasteiger partial charge in [0, 0.05) is 17.4 Å². The second-order valence-corrected chi connectivity index (χ2v) is 7.24. The molecule has 1 amide bonds. The van der Waals surface area contributed by atoms with Crippen LogP contribution in [0.2, 0.25) is 5.02 Å². The van der Waals surface area contributed by atoms with Crippen molar-refractivity contribution in [3.8, 4) is 17.6 Å². The summed E-state index contributed by atoms with van der Waals surface area (Å²) in [7, 11) is 1.53. The highest BCUT2D eigenvalue weighted by Gasteiger charge is 2.14. The van der Waals surface area contributed by atoms with Crippen LogP contribution in [0.25, 0.3) is 0 Å². The van der Waals surface area contributed by atoms with E-state index in [2.05, 4.69) is 16.7 Å². The van der Waals surface area contributed by atoms with Crippen molar-refractivity contribution >= 4 is 28.9 Å². The van der Waals surface area contributed by atoms with Gasteiger partial charge in [-0.2, -0.15) is 5.26 Å². The number of halogens is 1. The molecule has 0 fully saturated rings. The Kier molecular flexibility index (Phi) is 7.36. The number of methoxy groups -OCH3 is 1. The highest BCUT2D eigenvalue weighted by molar-refractivity contribution is 6.32. The minimum Gasteiger partial charge on any atom is -0.495 e. The lowest BCUT2D eigenvalue weighted by Gasteiger charge is -2.16. The van der Waals surface area contributed by atoms with E-state index in [1.54, 1.807) is 37.3 Å². The van der Waals surface area contributed by atoms with Crippen LogP contribution in [0.4, 0.5) is 11.4 Å². The number of rotatable bonds is 8. The van der Waals surface area contributed by atoms with Gasteiger partial charge < -0.3 is 20.1 Å². The molecular formula is C24H22ClN3O3. The van der Waals surface area contributed by atoms with Gasteiger partial charge in [-0.3, -0.25) is 4.79 Å². The van der Waals surface area contributed by atoms with E-state index in [4.69, 9.17) is 26.3 Å². The number of hydrogen-bond donors (Lipinski definition) is 2. The standard InChI is InChI=1S/C24H22ClN3O3/c1-16(24(29)28-20-9-10-23(30-2)22(25)13-20)27-19-7-4-8-21(12-19)31-15-18-6-3-5-17(11-18)14-26/h3-13,16,27H,15H2,1-2H3,(H,28,29). The number of ether oxygens (including phenoxy) is 2. The molecule has 2 N–H and O–H groups in total. The predicted molar refractivity (Wildman–Crippen MR) is 122 cm³/mol. The van der Waals surface area contributed by atoms with Crippen molar-refractivity contribution < 1.29 is 14.3 Å². The summed E-state index contributed by atoms with van der Waals surface area (Å²) in [5.74, 6) is 0.991. The Balaban J connectivity index is 1.58. The monoisotopic (exact) mass is 435 g/mol. The zero-order valence-electron chi connectivity index (χ0n) is 17.2. The van der Waals surface area contributed by atoms with E-state index in [0.29, 0.717) is 34.4 Å². The Morgan fingerprint density at radius 1 is 1.10 bits per heavy atom. The number of nitrogens with one attached hydrogen (secondary N) is 2. The van der Waals surface area contributed by atoms with Crippen LogP contribution < -0.4 is 20.1 Å². The zero-order chi connectivity index (χ0) is 22.2. The lowest BCUT2D eigenvalue weighted by atomic mass is 10.1. The van der Waals surface area contributed by atoms with Crippen LogP contribution in [-0.4, -0.2) is 19.1 Å². The SMILES string of the molecule is COc1ccc(NC(=O)C(C)Nc2cccc(OCc3cccc(C#N)c3)c2)cc1Cl. The van der Waals surface area contributed by atoms with Crippen molar-refractivity contribution in [2.45, 2.75) is 19.6 Å². The van der Waals surface area contributed by atoms with E-state index in [1.807, 2.05) is 36.4 Å². The van der Waals surface area contributed by atoms with Gasteiger partial charge in [0.2, 0.25) is 5.91 Å². The van der Waals surface area contributed by atoms with Crippen LogP contribution in [0, 0.1) is 11.3 Å². The molecule has 0 spiro atoms. The average Bonchev–Trinajstić information content (AvgIpc) is 2.78. The number of carbonyl (C=O) groups is 1. The van der Waals surface area contributed by atoms with Gasteiger partial charge in [-0.05, 0) is 55.0 Å². The van der Waals surface area contributed by atoms with Crippen molar-refractivity contribution in [3.63, 3.8) is 0 Å². The van der Waals surface area contributed by atoms with Gasteiger partial charge in [-0.25, -0.2) is 0 Å². The van der Waals surface area contributed by atoms with Crippen LogP contribution in [0.5, 0.6) is 11.5 Å². The van der Waals surface area contributed by atoms with E-state index >= 15 is 0 Å². The normalized spacial score (nSPS) is 11.2. The molecule has 0 aromatic heterocycles. The van der Waals surface area contributed by atoms with E-state index in [0.717, 1.165) is 11.3 Å². The molecule has 0 saturated heterocycles. The summed E-state index contributed by atoms with van der Waals surface area (Å²) in [6.07, 6.45) is 0. The smallest absolute Gasteiger partial charge is 0.246 e. The summed E-state index contributed by atoms with van der Waals surface area (Å²) in [4.78, 5) is 12.5. The minimum absolute atomic E-state index is 0.208. The molecule has 0 bridgehead atoms. The topological polar surface area (TPSA) is 83.4 Å². The lowest BCUT2D eigenvalue weighted by molar-refractivity contribution is -0.116. The molecule has 3 aromatic carbocycles. The number of carbonyl (C=O) groups excluding carboxylic acids is 1. The minimum atomic E-state index is -0.497. The van der Waals surface area contributed by atoms with Crippen LogP contribution in [0.1, 0.15) is 18.1 Å². The Labute approximate surface area is 186 Å². The zero-order valence-corrected chi connectivity index (χ0v) is 17.9. The van der Waals surface area contributed by atoms with E-state index in [1.165, 1.54) is 7.11 Å². The van der Waals surface area contributed by atoms with Gasteiger partial charge in [0.05, 0.1) is 23.8 Å². The number of benzene rings is 3. The molecule has 1 atom stereocenters. The van der Waals surface area contributed by atoms with Crippen LogP contribution in [-0.2, 0) is 11.4 Å². The second-order valence-electron chi connectivity index (χ2n) is 6.83. The molecule has 0 radical (unpaired) electrons. The van der Waals surface area contributed by atoms with Gasteiger partial charge in [0.15, 0.2) is 0 Å². The molecule has 0 saturated carbocycles. The molecule has 3 aromatic rings. The Morgan fingerprint density at radius 3 is 2.65 bits per heavy atom. The largest absolute Gasteiger partial charge is 0.495 e. The molecule has 7 heteroatoms. The first-order chi connectivity index (χ1) is 15.0. The molecular weight excluding hydrogens is 414 g/mol. The van der Waals surface area contributed by atoms with Crippen molar-refractivity contribution in [1.29, 1.82) is 5.26 Å². The summed E-state index contributed by atoms with van der Waals surface area (Å²) in [6.45, 7) is 2.11. The van der Waals surface area contributed by atoms with Crippen LogP contribution in [0.15, 0.2) is 66.7 Å². The van der Waals surface area contributed by atoms with Gasteiger partial charge in [0.25, 0.3) is 0 Å². The molecule has 0 aliphatic carbocycles. The molecule has 3 rings (SSSR count).